The van der Waals surface area contributed by atoms with Crippen LogP contribution >= 0.6 is 15.9 Å². The number of aromatic nitrogens is 1. The van der Waals surface area contributed by atoms with Crippen molar-refractivity contribution in [2.24, 2.45) is 11.8 Å². The fourth-order valence-electron chi connectivity index (χ4n) is 6.20. The van der Waals surface area contributed by atoms with Gasteiger partial charge in [0.2, 0.25) is 17.6 Å². The first-order valence-corrected chi connectivity index (χ1v) is 15.3. The SMILES string of the molecule is Cc1ccc(C(=O)C(C)OC(=O)c2cc(-c3ccc(N4C(=O)C5CCCCC5C4=O)cc3)nc3c(C)cc(Br)cc23)cc1. The van der Waals surface area contributed by atoms with Gasteiger partial charge >= 0.3 is 5.97 Å². The van der Waals surface area contributed by atoms with Crippen LogP contribution < -0.4 is 4.90 Å². The molecule has 0 spiro atoms. The van der Waals surface area contributed by atoms with Crippen molar-refractivity contribution >= 4 is 56.1 Å². The number of amides is 2. The number of hydrogen-bond acceptors (Lipinski definition) is 6. The minimum atomic E-state index is -0.992. The Kier molecular flexibility index (Phi) is 7.73. The number of ether oxygens (including phenoxy) is 1. The Morgan fingerprint density at radius 1 is 0.907 bits per heavy atom. The number of halogens is 1. The molecular formula is C35H31BrN2O5. The van der Waals surface area contributed by atoms with Crippen molar-refractivity contribution in [3.63, 3.8) is 0 Å². The van der Waals surface area contributed by atoms with Gasteiger partial charge in [0.05, 0.1) is 34.3 Å². The van der Waals surface area contributed by atoms with Gasteiger partial charge in [0.1, 0.15) is 0 Å². The Hall–Kier alpha value is -4.17. The number of carbonyl (C=O) groups is 4. The summed E-state index contributed by atoms with van der Waals surface area (Å²) in [5, 5.41) is 0.600. The molecule has 0 radical (unpaired) electrons. The second kappa shape index (κ2) is 11.5. The van der Waals surface area contributed by atoms with Crippen LogP contribution in [-0.4, -0.2) is 34.7 Å². The van der Waals surface area contributed by atoms with Crippen LogP contribution in [0.1, 0.15) is 64.4 Å². The number of fused-ring (bicyclic) bond motifs is 2. The zero-order valence-corrected chi connectivity index (χ0v) is 25.8. The molecule has 43 heavy (non-hydrogen) atoms. The maximum Gasteiger partial charge on any atom is 0.339 e. The second-order valence-corrected chi connectivity index (χ2v) is 12.4. The Labute approximate surface area is 258 Å². The number of imide groups is 1. The molecule has 2 amide bonds. The molecule has 3 aromatic carbocycles. The van der Waals surface area contributed by atoms with Gasteiger partial charge in [-0.2, -0.15) is 0 Å². The van der Waals surface area contributed by atoms with E-state index < -0.39 is 12.1 Å². The van der Waals surface area contributed by atoms with Crippen molar-refractivity contribution in [3.8, 4) is 11.3 Å². The summed E-state index contributed by atoms with van der Waals surface area (Å²) < 4.78 is 6.49. The second-order valence-electron chi connectivity index (χ2n) is 11.5. The first kappa shape index (κ1) is 28.9. The number of nitrogens with zero attached hydrogens (tertiary/aromatic N) is 2. The molecule has 2 aliphatic rings. The van der Waals surface area contributed by atoms with Crippen LogP contribution in [0.4, 0.5) is 5.69 Å². The number of hydrogen-bond donors (Lipinski definition) is 0. The summed E-state index contributed by atoms with van der Waals surface area (Å²) in [6, 6.07) is 19.7. The zero-order chi connectivity index (χ0) is 30.4. The number of rotatable bonds is 6. The van der Waals surface area contributed by atoms with Crippen LogP contribution in [0.15, 0.2) is 71.2 Å². The van der Waals surface area contributed by atoms with E-state index in [2.05, 4.69) is 15.9 Å². The van der Waals surface area contributed by atoms with Crippen LogP contribution in [0, 0.1) is 25.7 Å². The Bertz CT molecular complexity index is 1760. The summed E-state index contributed by atoms with van der Waals surface area (Å²) >= 11 is 3.52. The highest BCUT2D eigenvalue weighted by Crippen LogP contribution is 2.40. The number of pyridine rings is 1. The summed E-state index contributed by atoms with van der Waals surface area (Å²) in [6.45, 7) is 5.42. The Morgan fingerprint density at radius 2 is 1.53 bits per heavy atom. The van der Waals surface area contributed by atoms with E-state index in [0.717, 1.165) is 41.3 Å². The molecule has 4 aromatic rings. The molecule has 2 fully saturated rings. The molecule has 0 N–H and O–H groups in total. The zero-order valence-electron chi connectivity index (χ0n) is 24.2. The van der Waals surface area contributed by atoms with Gasteiger partial charge in [0, 0.05) is 21.0 Å². The highest BCUT2D eigenvalue weighted by Gasteiger charge is 2.48. The molecule has 1 aromatic heterocycles. The van der Waals surface area contributed by atoms with Gasteiger partial charge in [-0.05, 0) is 69.5 Å². The standard InChI is InChI=1S/C35H31BrN2O5/c1-19-8-10-23(11-9-19)32(39)21(3)43-35(42)29-18-30(37-31-20(2)16-24(36)17-28(29)31)22-12-14-25(15-13-22)38-33(40)26-6-4-5-7-27(26)34(38)41/h8-18,21,26-27H,4-7H2,1-3H3. The van der Waals surface area contributed by atoms with Crippen LogP contribution in [0.3, 0.4) is 0 Å². The average molecular weight is 640 g/mol. The minimum Gasteiger partial charge on any atom is -0.451 e. The van der Waals surface area contributed by atoms with Crippen molar-refractivity contribution in [2.75, 3.05) is 4.90 Å². The number of anilines is 1. The average Bonchev–Trinajstić information content (AvgIpc) is 3.26. The molecule has 1 saturated carbocycles. The summed E-state index contributed by atoms with van der Waals surface area (Å²) in [6.07, 6.45) is 2.47. The first-order chi connectivity index (χ1) is 20.6. The first-order valence-electron chi connectivity index (χ1n) is 14.5. The number of ketones is 1. The summed E-state index contributed by atoms with van der Waals surface area (Å²) in [4.78, 5) is 59.0. The van der Waals surface area contributed by atoms with Crippen LogP contribution in [0.25, 0.3) is 22.2 Å². The lowest BCUT2D eigenvalue weighted by atomic mass is 9.81. The lowest BCUT2D eigenvalue weighted by Gasteiger charge is -2.19. The lowest BCUT2D eigenvalue weighted by molar-refractivity contribution is -0.122. The monoisotopic (exact) mass is 638 g/mol. The number of carbonyl (C=O) groups excluding carboxylic acids is 4. The van der Waals surface area contributed by atoms with E-state index in [9.17, 15) is 19.2 Å². The van der Waals surface area contributed by atoms with Gasteiger partial charge < -0.3 is 4.74 Å². The highest BCUT2D eigenvalue weighted by atomic mass is 79.9. The molecule has 1 aliphatic carbocycles. The normalized spacial score (nSPS) is 18.9. The van der Waals surface area contributed by atoms with Gasteiger partial charge in [0.25, 0.3) is 0 Å². The molecule has 1 saturated heterocycles. The molecule has 218 valence electrons. The lowest BCUT2D eigenvalue weighted by Crippen LogP contribution is -2.30. The van der Waals surface area contributed by atoms with Crippen LogP contribution in [0.2, 0.25) is 0 Å². The van der Waals surface area contributed by atoms with E-state index in [1.54, 1.807) is 49.4 Å². The fourth-order valence-corrected chi connectivity index (χ4v) is 6.77. The Balaban J connectivity index is 1.32. The summed E-state index contributed by atoms with van der Waals surface area (Å²) in [7, 11) is 0. The summed E-state index contributed by atoms with van der Waals surface area (Å²) in [5.41, 5.74) is 5.05. The third-order valence-corrected chi connectivity index (χ3v) is 9.00. The van der Waals surface area contributed by atoms with Crippen molar-refractivity contribution < 1.29 is 23.9 Å². The van der Waals surface area contributed by atoms with E-state index in [-0.39, 0.29) is 35.0 Å². The molecule has 0 bridgehead atoms. The van der Waals surface area contributed by atoms with E-state index in [4.69, 9.17) is 9.72 Å². The van der Waals surface area contributed by atoms with E-state index in [1.807, 2.05) is 38.1 Å². The third kappa shape index (κ3) is 5.40. The van der Waals surface area contributed by atoms with Crippen LogP contribution in [-0.2, 0) is 14.3 Å². The van der Waals surface area contributed by atoms with E-state index >= 15 is 0 Å². The predicted octanol–water partition coefficient (Wildman–Crippen LogP) is 7.39. The Morgan fingerprint density at radius 3 is 2.16 bits per heavy atom. The van der Waals surface area contributed by atoms with Gasteiger partial charge in [-0.1, -0.05) is 70.7 Å². The number of esters is 1. The molecule has 6 rings (SSSR count). The van der Waals surface area contributed by atoms with E-state index in [1.165, 1.54) is 4.90 Å². The smallest absolute Gasteiger partial charge is 0.339 e. The van der Waals surface area contributed by atoms with Gasteiger partial charge in [-0.25, -0.2) is 9.78 Å². The van der Waals surface area contributed by atoms with Gasteiger partial charge in [-0.3, -0.25) is 19.3 Å². The fraction of sp³-hybridized carbons (Fsp3) is 0.286. The van der Waals surface area contributed by atoms with Gasteiger partial charge in [0.15, 0.2) is 6.10 Å². The molecule has 3 atom stereocenters. The molecule has 2 heterocycles. The van der Waals surface area contributed by atoms with Crippen LogP contribution in [0.5, 0.6) is 0 Å². The van der Waals surface area contributed by atoms with Crippen molar-refractivity contribution in [1.29, 1.82) is 0 Å². The number of benzene rings is 3. The largest absolute Gasteiger partial charge is 0.451 e. The van der Waals surface area contributed by atoms with Crippen molar-refractivity contribution in [3.05, 3.63) is 93.5 Å². The molecule has 7 nitrogen and oxygen atoms in total. The molecule has 3 unspecified atom stereocenters. The quantitative estimate of drug-likeness (QED) is 0.124. The van der Waals surface area contributed by atoms with E-state index in [0.29, 0.717) is 33.4 Å². The molecule has 1 aliphatic heterocycles. The van der Waals surface area contributed by atoms with Gasteiger partial charge in [-0.15, -0.1) is 0 Å². The maximum absolute atomic E-state index is 13.6. The highest BCUT2D eigenvalue weighted by molar-refractivity contribution is 9.10. The van der Waals surface area contributed by atoms with Crippen molar-refractivity contribution in [1.82, 2.24) is 4.98 Å². The summed E-state index contributed by atoms with van der Waals surface area (Å²) in [5.74, 6) is -1.60. The minimum absolute atomic E-state index is 0.119. The maximum atomic E-state index is 13.6. The predicted molar refractivity (Wildman–Crippen MR) is 168 cm³/mol. The molecule has 8 heteroatoms. The topological polar surface area (TPSA) is 93.6 Å². The molecular weight excluding hydrogens is 608 g/mol. The third-order valence-electron chi connectivity index (χ3n) is 8.54. The van der Waals surface area contributed by atoms with Crippen molar-refractivity contribution in [2.45, 2.75) is 52.6 Å². The number of aryl methyl sites for hydroxylation is 2. The number of Topliss-reactive ketones (excluding diaryl/α,β-unsaturated/α-hetero) is 1.